The van der Waals surface area contributed by atoms with Crippen molar-refractivity contribution in [2.24, 2.45) is 11.8 Å². The third-order valence-corrected chi connectivity index (χ3v) is 8.55. The van der Waals surface area contributed by atoms with Crippen LogP contribution < -0.4 is 16.0 Å². The van der Waals surface area contributed by atoms with Crippen molar-refractivity contribution >= 4 is 17.5 Å². The molecule has 4 N–H and O–H groups in total. The maximum atomic E-state index is 14.4. The summed E-state index contributed by atoms with van der Waals surface area (Å²) in [6.45, 7) is 10.1. The van der Waals surface area contributed by atoms with Crippen LogP contribution in [0.2, 0.25) is 0 Å². The summed E-state index contributed by atoms with van der Waals surface area (Å²) in [6.07, 6.45) is 9.62. The van der Waals surface area contributed by atoms with Gasteiger partial charge in [0.15, 0.2) is 0 Å². The van der Waals surface area contributed by atoms with E-state index in [-0.39, 0.29) is 47.2 Å². The zero-order valence-electron chi connectivity index (χ0n) is 30.8. The number of hydrogen-bond acceptors (Lipinski definition) is 10. The molecule has 1 heterocycles. The van der Waals surface area contributed by atoms with E-state index in [1.54, 1.807) is 33.3 Å². The molecule has 48 heavy (non-hydrogen) atoms. The molecular formula is C37H60N5O6. The van der Waals surface area contributed by atoms with Gasteiger partial charge < -0.3 is 40.3 Å². The van der Waals surface area contributed by atoms with Gasteiger partial charge in [-0.3, -0.25) is 14.4 Å². The van der Waals surface area contributed by atoms with Gasteiger partial charge in [-0.2, -0.15) is 0 Å². The maximum Gasteiger partial charge on any atom is 0.251 e. The van der Waals surface area contributed by atoms with Crippen LogP contribution in [0, 0.1) is 18.3 Å². The maximum absolute atomic E-state index is 14.4. The SMILES string of the molecule is CO[C@H]1C[C@H](C)CC2=C(NCCCN(C)C)C(=O)C(NCCCN(C)C)=C(NC(=O)/C(C)=C/C=C\[C@@H](OC)[CH]/C(C)=C/[C@H](C)[C@H]1O)C2=O. The van der Waals surface area contributed by atoms with Crippen LogP contribution in [0.5, 0.6) is 0 Å². The summed E-state index contributed by atoms with van der Waals surface area (Å²) in [7, 11) is 11.1. The number of fused-ring (bicyclic) bond motifs is 2. The van der Waals surface area contributed by atoms with Gasteiger partial charge in [0.1, 0.15) is 11.4 Å². The second-order valence-corrected chi connectivity index (χ2v) is 13.6. The molecule has 1 radical (unpaired) electrons. The van der Waals surface area contributed by atoms with Gasteiger partial charge in [0.05, 0.1) is 24.0 Å². The van der Waals surface area contributed by atoms with Crippen molar-refractivity contribution in [3.63, 3.8) is 0 Å². The Balaban J connectivity index is 2.65. The van der Waals surface area contributed by atoms with E-state index in [4.69, 9.17) is 9.47 Å². The fraction of sp³-hybridized carbons (Fsp3) is 0.622. The largest absolute Gasteiger partial charge is 0.390 e. The van der Waals surface area contributed by atoms with Crippen molar-refractivity contribution in [3.05, 3.63) is 64.5 Å². The first-order valence-corrected chi connectivity index (χ1v) is 17.0. The van der Waals surface area contributed by atoms with Gasteiger partial charge in [-0.1, -0.05) is 43.7 Å². The Kier molecular flexibility index (Phi) is 17.5. The molecule has 0 aromatic carbocycles. The minimum absolute atomic E-state index is 0.0505. The number of Topliss-reactive ketones (excluding diaryl/α,β-unsaturated/α-hetero) is 2. The summed E-state index contributed by atoms with van der Waals surface area (Å²) < 4.78 is 11.4. The lowest BCUT2D eigenvalue weighted by atomic mass is 9.84. The topological polar surface area (TPSA) is 132 Å². The molecule has 2 rings (SSSR count). The number of aliphatic hydroxyl groups is 1. The molecule has 0 unspecified atom stereocenters. The highest BCUT2D eigenvalue weighted by atomic mass is 16.5. The van der Waals surface area contributed by atoms with Crippen molar-refractivity contribution in [2.75, 3.05) is 68.6 Å². The Morgan fingerprint density at radius 2 is 1.52 bits per heavy atom. The molecule has 1 aliphatic carbocycles. The van der Waals surface area contributed by atoms with Crippen LogP contribution in [-0.2, 0) is 23.9 Å². The zero-order chi connectivity index (χ0) is 36.0. The number of amides is 1. The normalized spacial score (nSPS) is 28.3. The number of nitrogens with one attached hydrogen (secondary N) is 3. The Labute approximate surface area is 288 Å². The number of rotatable bonds is 12. The van der Waals surface area contributed by atoms with E-state index in [2.05, 4.69) is 20.9 Å². The van der Waals surface area contributed by atoms with Crippen LogP contribution in [0.1, 0.15) is 53.4 Å². The first-order valence-electron chi connectivity index (χ1n) is 17.0. The van der Waals surface area contributed by atoms with Crippen molar-refractivity contribution in [3.8, 4) is 0 Å². The zero-order valence-corrected chi connectivity index (χ0v) is 30.8. The lowest BCUT2D eigenvalue weighted by molar-refractivity contribution is -0.120. The lowest BCUT2D eigenvalue weighted by Crippen LogP contribution is -2.43. The van der Waals surface area contributed by atoms with E-state index >= 15 is 0 Å². The smallest absolute Gasteiger partial charge is 0.251 e. The summed E-state index contributed by atoms with van der Waals surface area (Å²) in [4.78, 5) is 46.2. The number of ether oxygens (including phenoxy) is 2. The third kappa shape index (κ3) is 12.7. The van der Waals surface area contributed by atoms with Gasteiger partial charge in [-0.15, -0.1) is 0 Å². The highest BCUT2D eigenvalue weighted by Gasteiger charge is 2.37. The number of hydrogen-bond donors (Lipinski definition) is 4. The second-order valence-electron chi connectivity index (χ2n) is 13.6. The number of allylic oxidation sites excluding steroid dienone is 3. The van der Waals surface area contributed by atoms with Crippen molar-refractivity contribution in [1.29, 1.82) is 0 Å². The van der Waals surface area contributed by atoms with Gasteiger partial charge in [0, 0.05) is 50.8 Å². The summed E-state index contributed by atoms with van der Waals surface area (Å²) in [5.74, 6) is -1.62. The Bertz CT molecular complexity index is 1260. The van der Waals surface area contributed by atoms with Crippen molar-refractivity contribution in [2.45, 2.75) is 71.7 Å². The molecule has 0 aromatic rings. The number of methoxy groups -OCH3 is 2. The van der Waals surface area contributed by atoms with Crippen LogP contribution in [-0.4, -0.2) is 119 Å². The molecular weight excluding hydrogens is 610 g/mol. The molecule has 1 aliphatic heterocycles. The quantitative estimate of drug-likeness (QED) is 0.182. The molecule has 1 amide bonds. The summed E-state index contributed by atoms with van der Waals surface area (Å²) in [5, 5.41) is 20.6. The van der Waals surface area contributed by atoms with Crippen LogP contribution in [0.15, 0.2) is 58.1 Å². The number of carbonyl (C=O) groups is 3. The molecule has 269 valence electrons. The van der Waals surface area contributed by atoms with Gasteiger partial charge in [-0.25, -0.2) is 0 Å². The number of nitrogens with zero attached hydrogens (tertiary/aromatic N) is 2. The highest BCUT2D eigenvalue weighted by molar-refractivity contribution is 6.25. The van der Waals surface area contributed by atoms with E-state index in [0.29, 0.717) is 30.7 Å². The van der Waals surface area contributed by atoms with Gasteiger partial charge >= 0.3 is 0 Å². The van der Waals surface area contributed by atoms with Crippen LogP contribution in [0.3, 0.4) is 0 Å². The van der Waals surface area contributed by atoms with Crippen molar-refractivity contribution in [1.82, 2.24) is 25.8 Å². The van der Waals surface area contributed by atoms with E-state index in [9.17, 15) is 19.5 Å². The average molecular weight is 671 g/mol. The molecule has 5 atom stereocenters. The monoisotopic (exact) mass is 670 g/mol. The van der Waals surface area contributed by atoms with E-state index in [1.165, 1.54) is 0 Å². The highest BCUT2D eigenvalue weighted by Crippen LogP contribution is 2.30. The van der Waals surface area contributed by atoms with Crippen LogP contribution in [0.4, 0.5) is 0 Å². The Morgan fingerprint density at radius 3 is 2.08 bits per heavy atom. The Hall–Kier alpha value is -3.09. The molecule has 2 aliphatic rings. The molecule has 0 fully saturated rings. The number of ketones is 2. The molecule has 0 spiro atoms. The van der Waals surface area contributed by atoms with Crippen molar-refractivity contribution < 1.29 is 29.0 Å². The van der Waals surface area contributed by atoms with Gasteiger partial charge in [0.2, 0.25) is 11.6 Å². The predicted molar refractivity (Wildman–Crippen MR) is 191 cm³/mol. The Morgan fingerprint density at radius 1 is 0.917 bits per heavy atom. The average Bonchev–Trinajstić information content (AvgIpc) is 3.02. The van der Waals surface area contributed by atoms with E-state index in [1.807, 2.05) is 72.4 Å². The molecule has 11 heteroatoms. The van der Waals surface area contributed by atoms with Gasteiger partial charge in [0.25, 0.3) is 5.91 Å². The molecule has 0 saturated carbocycles. The lowest BCUT2D eigenvalue weighted by Gasteiger charge is -2.30. The predicted octanol–water partition coefficient (Wildman–Crippen LogP) is 2.91. The number of aliphatic hydroxyl groups excluding tert-OH is 1. The summed E-state index contributed by atoms with van der Waals surface area (Å²) in [6, 6.07) is 0. The standard InChI is InChI=1S/C37H60N5O6/c1-24-20-27(4)34(43)30(48-10)23-25(2)22-29-31(38-16-12-18-41(5)6)36(45)32(39-17-13-19-42(7)8)33(35(29)44)40-37(46)26(3)14-11-15-28(21-24)47-9/h11,14-15,20-21,25,27-28,30,34,38-39,43H,12-13,16-19,22-23H2,1-10H3,(H,40,46)/b15-11-,24-20+,26-14+/t25-,27+,28-,30+,34-/m1/s1. The molecule has 11 nitrogen and oxygen atoms in total. The molecule has 0 saturated heterocycles. The minimum atomic E-state index is -0.806. The second kappa shape index (κ2) is 20.4. The first kappa shape index (κ1) is 41.1. The summed E-state index contributed by atoms with van der Waals surface area (Å²) >= 11 is 0. The van der Waals surface area contributed by atoms with Gasteiger partial charge in [-0.05, 0) is 86.7 Å². The fourth-order valence-corrected chi connectivity index (χ4v) is 5.81. The fourth-order valence-electron chi connectivity index (χ4n) is 5.81. The minimum Gasteiger partial charge on any atom is -0.390 e. The van der Waals surface area contributed by atoms with Crippen LogP contribution >= 0.6 is 0 Å². The van der Waals surface area contributed by atoms with E-state index < -0.39 is 23.9 Å². The molecule has 0 aromatic heterocycles. The number of carbonyl (C=O) groups excluding carboxylic acids is 3. The van der Waals surface area contributed by atoms with E-state index in [0.717, 1.165) is 31.5 Å². The molecule has 2 bridgehead atoms. The summed E-state index contributed by atoms with van der Waals surface area (Å²) in [5.41, 5.74) is 1.90. The first-order chi connectivity index (χ1) is 22.7. The van der Waals surface area contributed by atoms with Crippen LogP contribution in [0.25, 0.3) is 0 Å². The third-order valence-electron chi connectivity index (χ3n) is 8.55.